The van der Waals surface area contributed by atoms with Crippen molar-refractivity contribution in [2.75, 3.05) is 27.2 Å². The lowest BCUT2D eigenvalue weighted by molar-refractivity contribution is -0.132. The highest BCUT2D eigenvalue weighted by Crippen LogP contribution is 2.14. The van der Waals surface area contributed by atoms with Crippen LogP contribution in [0.15, 0.2) is 0 Å². The Morgan fingerprint density at radius 1 is 1.67 bits per heavy atom. The standard InChI is InChI=1S/C11H19N3O/c1-13-8-4-5-10(9-13)14(2)11(15)6-3-7-12/h10H,3-6,8-9H2,1-2H3. The van der Waals surface area contributed by atoms with Gasteiger partial charge in [0.25, 0.3) is 0 Å². The van der Waals surface area contributed by atoms with Crippen LogP contribution in [0.1, 0.15) is 25.7 Å². The predicted molar refractivity (Wildman–Crippen MR) is 58.1 cm³/mol. The minimum atomic E-state index is 0.0943. The molecule has 1 saturated heterocycles. The lowest BCUT2D eigenvalue weighted by Crippen LogP contribution is -2.47. The van der Waals surface area contributed by atoms with Crippen LogP contribution in [0.3, 0.4) is 0 Å². The van der Waals surface area contributed by atoms with Crippen LogP contribution in [0, 0.1) is 11.3 Å². The summed E-state index contributed by atoms with van der Waals surface area (Å²) in [5.41, 5.74) is 0. The first-order valence-corrected chi connectivity index (χ1v) is 5.46. The first kappa shape index (κ1) is 12.0. The van der Waals surface area contributed by atoms with Gasteiger partial charge >= 0.3 is 0 Å². The number of piperidine rings is 1. The molecule has 1 atom stereocenters. The van der Waals surface area contributed by atoms with Crippen LogP contribution in [0.5, 0.6) is 0 Å². The molecule has 15 heavy (non-hydrogen) atoms. The van der Waals surface area contributed by atoms with Gasteiger partial charge in [0.05, 0.1) is 6.07 Å². The molecule has 0 bridgehead atoms. The van der Waals surface area contributed by atoms with Gasteiger partial charge in [-0.05, 0) is 26.4 Å². The highest BCUT2D eigenvalue weighted by Gasteiger charge is 2.23. The smallest absolute Gasteiger partial charge is 0.223 e. The number of hydrogen-bond donors (Lipinski definition) is 0. The fraction of sp³-hybridized carbons (Fsp3) is 0.818. The molecule has 4 heteroatoms. The number of nitriles is 1. The molecule has 0 aromatic heterocycles. The molecule has 0 aromatic rings. The van der Waals surface area contributed by atoms with E-state index in [4.69, 9.17) is 5.26 Å². The molecule has 0 spiro atoms. The molecule has 1 aliphatic heterocycles. The SMILES string of the molecule is CN1CCCC(N(C)C(=O)CCC#N)C1. The van der Waals surface area contributed by atoms with Gasteiger partial charge in [-0.3, -0.25) is 4.79 Å². The zero-order valence-corrected chi connectivity index (χ0v) is 9.57. The van der Waals surface area contributed by atoms with Crippen molar-refractivity contribution in [3.8, 4) is 6.07 Å². The number of likely N-dealkylation sites (tertiary alicyclic amines) is 1. The van der Waals surface area contributed by atoms with E-state index < -0.39 is 0 Å². The fourth-order valence-corrected chi connectivity index (χ4v) is 2.00. The van der Waals surface area contributed by atoms with Crippen molar-refractivity contribution in [1.82, 2.24) is 9.80 Å². The second-order valence-electron chi connectivity index (χ2n) is 4.22. The van der Waals surface area contributed by atoms with E-state index in [9.17, 15) is 4.79 Å². The molecule has 1 rings (SSSR count). The molecule has 1 unspecified atom stereocenters. The lowest BCUT2D eigenvalue weighted by atomic mass is 10.0. The van der Waals surface area contributed by atoms with Gasteiger partial charge in [0.15, 0.2) is 0 Å². The summed E-state index contributed by atoms with van der Waals surface area (Å²) < 4.78 is 0. The van der Waals surface area contributed by atoms with E-state index in [1.807, 2.05) is 18.0 Å². The quantitative estimate of drug-likeness (QED) is 0.692. The van der Waals surface area contributed by atoms with Gasteiger partial charge in [-0.1, -0.05) is 0 Å². The fourth-order valence-electron chi connectivity index (χ4n) is 2.00. The van der Waals surface area contributed by atoms with Gasteiger partial charge < -0.3 is 9.80 Å². The number of carbonyl (C=O) groups excluding carboxylic acids is 1. The van der Waals surface area contributed by atoms with Gasteiger partial charge in [-0.15, -0.1) is 0 Å². The number of rotatable bonds is 3. The number of likely N-dealkylation sites (N-methyl/N-ethyl adjacent to an activating group) is 2. The maximum absolute atomic E-state index is 11.7. The molecular formula is C11H19N3O. The van der Waals surface area contributed by atoms with Crippen molar-refractivity contribution in [2.45, 2.75) is 31.7 Å². The van der Waals surface area contributed by atoms with Crippen molar-refractivity contribution >= 4 is 5.91 Å². The summed E-state index contributed by atoms with van der Waals surface area (Å²) in [7, 11) is 3.93. The van der Waals surface area contributed by atoms with E-state index in [2.05, 4.69) is 11.9 Å². The monoisotopic (exact) mass is 209 g/mol. The van der Waals surface area contributed by atoms with Crippen LogP contribution in [-0.4, -0.2) is 48.9 Å². The minimum absolute atomic E-state index is 0.0943. The maximum Gasteiger partial charge on any atom is 0.223 e. The molecule has 84 valence electrons. The van der Waals surface area contributed by atoms with Crippen molar-refractivity contribution in [3.63, 3.8) is 0 Å². The molecule has 1 amide bonds. The van der Waals surface area contributed by atoms with Crippen LogP contribution in [0.2, 0.25) is 0 Å². The summed E-state index contributed by atoms with van der Waals surface area (Å²) in [5.74, 6) is 0.0943. The molecule has 1 fully saturated rings. The molecule has 4 nitrogen and oxygen atoms in total. The van der Waals surface area contributed by atoms with Crippen LogP contribution in [-0.2, 0) is 4.79 Å². The highest BCUT2D eigenvalue weighted by atomic mass is 16.2. The number of nitrogens with zero attached hydrogens (tertiary/aromatic N) is 3. The average molecular weight is 209 g/mol. The normalized spacial score (nSPS) is 22.1. The third-order valence-electron chi connectivity index (χ3n) is 2.99. The Labute approximate surface area is 91.5 Å². The third-order valence-corrected chi connectivity index (χ3v) is 2.99. The van der Waals surface area contributed by atoms with Gasteiger partial charge in [-0.25, -0.2) is 0 Å². The predicted octanol–water partition coefficient (Wildman–Crippen LogP) is 0.843. The van der Waals surface area contributed by atoms with Crippen LogP contribution in [0.25, 0.3) is 0 Å². The van der Waals surface area contributed by atoms with Crippen molar-refractivity contribution < 1.29 is 4.79 Å². The third kappa shape index (κ3) is 3.52. The Hall–Kier alpha value is -1.08. The summed E-state index contributed by atoms with van der Waals surface area (Å²) in [4.78, 5) is 15.7. The van der Waals surface area contributed by atoms with Gasteiger partial charge in [0.2, 0.25) is 5.91 Å². The molecule has 0 radical (unpaired) electrons. The summed E-state index contributed by atoms with van der Waals surface area (Å²) in [6.45, 7) is 2.07. The van der Waals surface area contributed by atoms with Gasteiger partial charge in [0.1, 0.15) is 0 Å². The zero-order chi connectivity index (χ0) is 11.3. The van der Waals surface area contributed by atoms with E-state index in [1.165, 1.54) is 0 Å². The Morgan fingerprint density at radius 2 is 2.40 bits per heavy atom. The Morgan fingerprint density at radius 3 is 3.00 bits per heavy atom. The summed E-state index contributed by atoms with van der Waals surface area (Å²) in [6, 6.07) is 2.34. The summed E-state index contributed by atoms with van der Waals surface area (Å²) in [5, 5.41) is 8.42. The highest BCUT2D eigenvalue weighted by molar-refractivity contribution is 5.76. The summed E-state index contributed by atoms with van der Waals surface area (Å²) >= 11 is 0. The first-order chi connectivity index (χ1) is 7.15. The van der Waals surface area contributed by atoms with Crippen LogP contribution >= 0.6 is 0 Å². The zero-order valence-electron chi connectivity index (χ0n) is 9.57. The van der Waals surface area contributed by atoms with E-state index in [0.717, 1.165) is 25.9 Å². The number of amides is 1. The van der Waals surface area contributed by atoms with E-state index in [0.29, 0.717) is 18.9 Å². The molecule has 0 saturated carbocycles. The summed E-state index contributed by atoms with van der Waals surface area (Å²) in [6.07, 6.45) is 2.91. The van der Waals surface area contributed by atoms with E-state index >= 15 is 0 Å². The van der Waals surface area contributed by atoms with Crippen molar-refractivity contribution in [3.05, 3.63) is 0 Å². The van der Waals surface area contributed by atoms with Crippen LogP contribution < -0.4 is 0 Å². The largest absolute Gasteiger partial charge is 0.341 e. The Bertz CT molecular complexity index is 259. The molecular weight excluding hydrogens is 190 g/mol. The molecule has 0 N–H and O–H groups in total. The Kier molecular flexibility index (Phi) is 4.57. The van der Waals surface area contributed by atoms with E-state index in [-0.39, 0.29) is 5.91 Å². The second-order valence-corrected chi connectivity index (χ2v) is 4.22. The Balaban J connectivity index is 2.41. The molecule has 0 aliphatic carbocycles. The lowest BCUT2D eigenvalue weighted by Gasteiger charge is -2.35. The minimum Gasteiger partial charge on any atom is -0.341 e. The number of carbonyl (C=O) groups is 1. The topological polar surface area (TPSA) is 47.3 Å². The van der Waals surface area contributed by atoms with Gasteiger partial charge in [-0.2, -0.15) is 5.26 Å². The average Bonchev–Trinajstić information content (AvgIpc) is 2.24. The maximum atomic E-state index is 11.7. The van der Waals surface area contributed by atoms with E-state index in [1.54, 1.807) is 0 Å². The van der Waals surface area contributed by atoms with Crippen LogP contribution in [0.4, 0.5) is 0 Å². The van der Waals surface area contributed by atoms with Gasteiger partial charge in [0, 0.05) is 32.5 Å². The molecule has 1 aliphatic rings. The molecule has 0 aromatic carbocycles. The molecule has 1 heterocycles. The number of hydrogen-bond acceptors (Lipinski definition) is 3. The van der Waals surface area contributed by atoms with Crippen molar-refractivity contribution in [1.29, 1.82) is 5.26 Å². The first-order valence-electron chi connectivity index (χ1n) is 5.46. The van der Waals surface area contributed by atoms with Crippen molar-refractivity contribution in [2.24, 2.45) is 0 Å². The second kappa shape index (κ2) is 5.72.